The summed E-state index contributed by atoms with van der Waals surface area (Å²) < 4.78 is 11.8. The number of hydrogen-bond donors (Lipinski definition) is 2. The van der Waals surface area contributed by atoms with Crippen LogP contribution in [0, 0.1) is 34.0 Å². The highest BCUT2D eigenvalue weighted by molar-refractivity contribution is 5.69. The fourth-order valence-electron chi connectivity index (χ4n) is 11.3. The Morgan fingerprint density at radius 1 is 1.22 bits per heavy atom. The first-order valence-corrected chi connectivity index (χ1v) is 12.3. The molecule has 13 atom stereocenters. The van der Waals surface area contributed by atoms with Crippen molar-refractivity contribution in [2.45, 2.75) is 88.9 Å². The van der Waals surface area contributed by atoms with E-state index in [1.807, 2.05) is 6.92 Å². The van der Waals surface area contributed by atoms with E-state index < -0.39 is 35.1 Å². The number of carbonyl (C=O) groups excluding carboxylic acids is 2. The summed E-state index contributed by atoms with van der Waals surface area (Å²) in [4.78, 5) is 26.9. The largest absolute Gasteiger partial charge is 0.462 e. The average Bonchev–Trinajstić information content (AvgIpc) is 3.10. The third kappa shape index (κ3) is 1.71. The Kier molecular flexibility index (Phi) is 3.40. The van der Waals surface area contributed by atoms with Crippen LogP contribution in [0.4, 0.5) is 0 Å². The molecule has 0 radical (unpaired) electrons. The number of rotatable bonds is 3. The summed E-state index contributed by atoms with van der Waals surface area (Å²) in [6.07, 6.45) is 1.66. The maximum absolute atomic E-state index is 12.7. The number of nitrogens with zero attached hydrogens (tertiary/aromatic N) is 1. The van der Waals surface area contributed by atoms with Crippen molar-refractivity contribution in [1.29, 1.82) is 0 Å². The second-order valence-electron chi connectivity index (χ2n) is 12.3. The van der Waals surface area contributed by atoms with E-state index in [9.17, 15) is 19.8 Å². The van der Waals surface area contributed by atoms with Crippen LogP contribution in [0.1, 0.15) is 52.9 Å². The minimum atomic E-state index is -1.21. The molecule has 0 aromatic carbocycles. The molecule has 7 nitrogen and oxygen atoms in total. The number of fused-ring (bicyclic) bond motifs is 1. The van der Waals surface area contributed by atoms with Gasteiger partial charge in [0.2, 0.25) is 0 Å². The Morgan fingerprint density at radius 3 is 2.66 bits per heavy atom. The lowest BCUT2D eigenvalue weighted by Gasteiger charge is -2.68. The van der Waals surface area contributed by atoms with Crippen LogP contribution in [0.25, 0.3) is 0 Å². The molecule has 2 N–H and O–H groups in total. The van der Waals surface area contributed by atoms with Crippen molar-refractivity contribution in [2.75, 3.05) is 6.54 Å². The van der Waals surface area contributed by atoms with Gasteiger partial charge < -0.3 is 19.7 Å². The molecule has 0 aromatic heterocycles. The number of hydrogen-bond acceptors (Lipinski definition) is 7. The van der Waals surface area contributed by atoms with Crippen LogP contribution >= 0.6 is 0 Å². The first kappa shape index (κ1) is 20.0. The topological polar surface area (TPSA) is 96.3 Å². The summed E-state index contributed by atoms with van der Waals surface area (Å²) in [5.41, 5.74) is -1.20. The highest BCUT2D eigenvalue weighted by Gasteiger charge is 2.95. The van der Waals surface area contributed by atoms with Gasteiger partial charge in [-0.3, -0.25) is 14.5 Å². The van der Waals surface area contributed by atoms with Gasteiger partial charge in [0.25, 0.3) is 0 Å². The van der Waals surface area contributed by atoms with Crippen molar-refractivity contribution in [2.24, 2.45) is 34.0 Å². The maximum atomic E-state index is 12.7. The molecule has 13 unspecified atom stereocenters. The van der Waals surface area contributed by atoms with E-state index in [4.69, 9.17) is 9.47 Å². The molecule has 9 bridgehead atoms. The minimum Gasteiger partial charge on any atom is -0.462 e. The van der Waals surface area contributed by atoms with Crippen LogP contribution in [0.15, 0.2) is 12.2 Å². The minimum absolute atomic E-state index is 0.0134. The summed E-state index contributed by atoms with van der Waals surface area (Å²) in [5, 5.41) is 24.5. The van der Waals surface area contributed by atoms with Crippen LogP contribution in [0.2, 0.25) is 0 Å². The molecular formula is C25H33NO6. The number of aliphatic hydroxyl groups is 2. The zero-order chi connectivity index (χ0) is 22.6. The lowest BCUT2D eigenvalue weighted by Crippen LogP contribution is -2.77. The van der Waals surface area contributed by atoms with Gasteiger partial charge in [0.15, 0.2) is 0 Å². The predicted molar refractivity (Wildman–Crippen MR) is 112 cm³/mol. The summed E-state index contributed by atoms with van der Waals surface area (Å²) in [6, 6.07) is 0.175. The summed E-state index contributed by atoms with van der Waals surface area (Å²) in [5.74, 6) is -0.807. The van der Waals surface area contributed by atoms with E-state index in [2.05, 4.69) is 18.4 Å². The molecule has 32 heavy (non-hydrogen) atoms. The Bertz CT molecular complexity index is 981. The summed E-state index contributed by atoms with van der Waals surface area (Å²) >= 11 is 0. The van der Waals surface area contributed by atoms with Crippen molar-refractivity contribution in [3.63, 3.8) is 0 Å². The lowest BCUT2D eigenvalue weighted by atomic mass is 9.39. The van der Waals surface area contributed by atoms with Crippen LogP contribution in [0.5, 0.6) is 0 Å². The normalized spacial score (nSPS) is 61.9. The van der Waals surface area contributed by atoms with Crippen molar-refractivity contribution >= 4 is 11.9 Å². The highest BCUT2D eigenvalue weighted by atomic mass is 16.6. The Morgan fingerprint density at radius 2 is 1.97 bits per heavy atom. The van der Waals surface area contributed by atoms with Crippen molar-refractivity contribution in [1.82, 2.24) is 4.90 Å². The Hall–Kier alpha value is -1.44. The molecule has 9 aliphatic rings. The van der Waals surface area contributed by atoms with E-state index in [0.717, 1.165) is 25.0 Å². The number of piperidine rings is 2. The van der Waals surface area contributed by atoms with Crippen LogP contribution in [-0.2, 0) is 19.1 Å². The molecule has 7 heteroatoms. The molecule has 0 amide bonds. The van der Waals surface area contributed by atoms with E-state index >= 15 is 0 Å². The zero-order valence-corrected chi connectivity index (χ0v) is 19.0. The fourth-order valence-corrected chi connectivity index (χ4v) is 11.3. The van der Waals surface area contributed by atoms with Gasteiger partial charge in [0, 0.05) is 54.6 Å². The van der Waals surface area contributed by atoms with Crippen LogP contribution in [0.3, 0.4) is 0 Å². The zero-order valence-electron chi connectivity index (χ0n) is 19.0. The molecule has 3 saturated heterocycles. The first-order chi connectivity index (χ1) is 15.0. The van der Waals surface area contributed by atoms with Gasteiger partial charge in [0.05, 0.1) is 6.10 Å². The molecule has 3 heterocycles. The van der Waals surface area contributed by atoms with E-state index in [-0.39, 0.29) is 34.9 Å². The van der Waals surface area contributed by atoms with Gasteiger partial charge >= 0.3 is 11.9 Å². The molecule has 2 spiro atoms. The smallest absolute Gasteiger partial charge is 0.305 e. The van der Waals surface area contributed by atoms with Gasteiger partial charge in [-0.15, -0.1) is 0 Å². The standard InChI is InChI=1S/C25H33NO6/c1-5-15(28)32-13-7-22(4)10-26-14-9-23-6-11(2)16-17(29)19(23)24(8-13,18(14)22)21(26)25(23,30)20(16)31-12(3)27/h13-14,16-21,29-30H,2,5-10H2,1,3-4H3. The monoisotopic (exact) mass is 443 g/mol. The Balaban J connectivity index is 1.44. The third-order valence-electron chi connectivity index (χ3n) is 11.1. The van der Waals surface area contributed by atoms with Gasteiger partial charge in [-0.25, -0.2) is 0 Å². The van der Waals surface area contributed by atoms with Crippen molar-refractivity contribution in [3.8, 4) is 0 Å². The third-order valence-corrected chi connectivity index (χ3v) is 11.1. The quantitative estimate of drug-likeness (QED) is 0.503. The summed E-state index contributed by atoms with van der Waals surface area (Å²) in [7, 11) is 0. The number of ether oxygens (including phenoxy) is 2. The Labute approximate surface area is 188 Å². The fraction of sp³-hybridized carbons (Fsp3) is 0.840. The van der Waals surface area contributed by atoms with Gasteiger partial charge in [-0.1, -0.05) is 26.0 Å². The molecular weight excluding hydrogens is 410 g/mol. The first-order valence-electron chi connectivity index (χ1n) is 12.3. The molecule has 9 fully saturated rings. The van der Waals surface area contributed by atoms with Gasteiger partial charge in [0.1, 0.15) is 17.8 Å². The van der Waals surface area contributed by atoms with Gasteiger partial charge in [-0.2, -0.15) is 0 Å². The van der Waals surface area contributed by atoms with Crippen molar-refractivity contribution in [3.05, 3.63) is 12.2 Å². The second kappa shape index (κ2) is 5.44. The van der Waals surface area contributed by atoms with Crippen LogP contribution < -0.4 is 0 Å². The predicted octanol–water partition coefficient (Wildman–Crippen LogP) is 1.41. The van der Waals surface area contributed by atoms with Crippen LogP contribution in [-0.4, -0.2) is 69.6 Å². The number of carbonyl (C=O) groups is 2. The SMILES string of the molecule is C=C1CC23CC4C5C6(C)CC(OC(=O)CC)CC57C2C(O)C1C(OC(C)=O)C3(O)C7N4C6. The summed E-state index contributed by atoms with van der Waals surface area (Å²) in [6.45, 7) is 10.6. The molecule has 6 aliphatic carbocycles. The molecule has 0 aromatic rings. The highest BCUT2D eigenvalue weighted by Crippen LogP contribution is 2.88. The number of aliphatic hydroxyl groups excluding tert-OH is 1. The van der Waals surface area contributed by atoms with E-state index in [1.54, 1.807) is 0 Å². The molecule has 3 aliphatic heterocycles. The molecule has 6 saturated carbocycles. The molecule has 174 valence electrons. The molecule has 9 rings (SSSR count). The lowest BCUT2D eigenvalue weighted by molar-refractivity contribution is -0.284. The van der Waals surface area contributed by atoms with Gasteiger partial charge in [-0.05, 0) is 37.0 Å². The van der Waals surface area contributed by atoms with E-state index in [1.165, 1.54) is 6.92 Å². The number of esters is 2. The van der Waals surface area contributed by atoms with Crippen molar-refractivity contribution < 1.29 is 29.3 Å². The second-order valence-corrected chi connectivity index (χ2v) is 12.3. The average molecular weight is 444 g/mol. The maximum Gasteiger partial charge on any atom is 0.305 e. The van der Waals surface area contributed by atoms with E-state index in [0.29, 0.717) is 31.2 Å².